The average Bonchev–Trinajstić information content (AvgIpc) is 2.72. The highest BCUT2D eigenvalue weighted by Crippen LogP contribution is 2.38. The van der Waals surface area contributed by atoms with Crippen LogP contribution in [0.25, 0.3) is 11.1 Å². The first-order valence-electron chi connectivity index (χ1n) is 10.8. The minimum Gasteiger partial charge on any atom is -0.204 e. The van der Waals surface area contributed by atoms with Gasteiger partial charge in [0.15, 0.2) is 17.5 Å². The van der Waals surface area contributed by atoms with Crippen LogP contribution in [-0.2, 0) is 0 Å². The topological polar surface area (TPSA) is 0 Å². The molecule has 0 radical (unpaired) electrons. The Balaban J connectivity index is 1.52. The molecule has 3 rings (SSSR count). The minimum atomic E-state index is -1.41. The summed E-state index contributed by atoms with van der Waals surface area (Å²) in [6.45, 7) is 2.25. The van der Waals surface area contributed by atoms with Gasteiger partial charge in [0.25, 0.3) is 0 Å². The zero-order valence-corrected chi connectivity index (χ0v) is 16.8. The number of hydrogen-bond acceptors (Lipinski definition) is 0. The van der Waals surface area contributed by atoms with Crippen molar-refractivity contribution in [2.75, 3.05) is 0 Å². The molecule has 0 N–H and O–H groups in total. The van der Waals surface area contributed by atoms with Crippen LogP contribution < -0.4 is 0 Å². The number of halogens is 3. The molecule has 0 bridgehead atoms. The molecule has 0 heterocycles. The van der Waals surface area contributed by atoms with Crippen molar-refractivity contribution in [2.45, 2.75) is 77.0 Å². The maximum absolute atomic E-state index is 13.5. The minimum absolute atomic E-state index is 0.370. The van der Waals surface area contributed by atoms with E-state index in [1.165, 1.54) is 69.8 Å². The summed E-state index contributed by atoms with van der Waals surface area (Å²) in [6.07, 6.45) is 13.2. The third-order valence-corrected chi connectivity index (χ3v) is 6.26. The van der Waals surface area contributed by atoms with Gasteiger partial charge < -0.3 is 0 Å². The van der Waals surface area contributed by atoms with E-state index < -0.39 is 17.5 Å². The molecule has 0 unspecified atom stereocenters. The molecule has 28 heavy (non-hydrogen) atoms. The number of rotatable bonds is 8. The van der Waals surface area contributed by atoms with Crippen LogP contribution in [0.4, 0.5) is 13.2 Å². The first-order chi connectivity index (χ1) is 13.6. The van der Waals surface area contributed by atoms with Crippen molar-refractivity contribution >= 4 is 0 Å². The summed E-state index contributed by atoms with van der Waals surface area (Å²) in [6, 6.07) is 10.0. The second-order valence-electron chi connectivity index (χ2n) is 8.30. The molecule has 0 amide bonds. The van der Waals surface area contributed by atoms with Crippen LogP contribution in [0.2, 0.25) is 0 Å². The standard InChI is InChI=1S/C25H31F3/c1-2-3-4-5-6-7-18-8-10-19(11-9-18)20-12-14-21(15-13-20)22-16-23(26)25(28)24(27)17-22/h12-19H,2-11H2,1H3/t18-,19-. The normalized spacial score (nSPS) is 19.7. The van der Waals surface area contributed by atoms with Crippen LogP contribution in [0.5, 0.6) is 0 Å². The van der Waals surface area contributed by atoms with Gasteiger partial charge in [0, 0.05) is 0 Å². The van der Waals surface area contributed by atoms with E-state index in [1.807, 2.05) is 12.1 Å². The average molecular weight is 389 g/mol. The largest absolute Gasteiger partial charge is 0.204 e. The van der Waals surface area contributed by atoms with Crippen molar-refractivity contribution in [3.63, 3.8) is 0 Å². The van der Waals surface area contributed by atoms with Gasteiger partial charge in [-0.25, -0.2) is 13.2 Å². The highest BCUT2D eigenvalue weighted by atomic mass is 19.2. The van der Waals surface area contributed by atoms with Crippen molar-refractivity contribution in [3.05, 3.63) is 59.4 Å². The molecule has 152 valence electrons. The van der Waals surface area contributed by atoms with Crippen molar-refractivity contribution in [2.24, 2.45) is 5.92 Å². The Morgan fingerprint density at radius 1 is 0.750 bits per heavy atom. The van der Waals surface area contributed by atoms with E-state index in [2.05, 4.69) is 19.1 Å². The maximum atomic E-state index is 13.5. The van der Waals surface area contributed by atoms with Gasteiger partial charge in [-0.3, -0.25) is 0 Å². The summed E-state index contributed by atoms with van der Waals surface area (Å²) in [7, 11) is 0. The van der Waals surface area contributed by atoms with E-state index in [9.17, 15) is 13.2 Å². The Hall–Kier alpha value is -1.77. The van der Waals surface area contributed by atoms with E-state index in [-0.39, 0.29) is 0 Å². The molecule has 1 saturated carbocycles. The molecule has 1 fully saturated rings. The summed E-state index contributed by atoms with van der Waals surface area (Å²) in [5.74, 6) is -2.25. The van der Waals surface area contributed by atoms with Crippen molar-refractivity contribution in [1.29, 1.82) is 0 Å². The lowest BCUT2D eigenvalue weighted by Gasteiger charge is -2.29. The van der Waals surface area contributed by atoms with Crippen LogP contribution in [0.15, 0.2) is 36.4 Å². The lowest BCUT2D eigenvalue weighted by Crippen LogP contribution is -2.13. The van der Waals surface area contributed by atoms with Gasteiger partial charge in [0.2, 0.25) is 0 Å². The number of hydrogen-bond donors (Lipinski definition) is 0. The molecule has 0 aromatic heterocycles. The van der Waals surface area contributed by atoms with Gasteiger partial charge in [0.05, 0.1) is 0 Å². The summed E-state index contributed by atoms with van der Waals surface area (Å²) >= 11 is 0. The van der Waals surface area contributed by atoms with E-state index in [0.29, 0.717) is 17.0 Å². The Bertz CT molecular complexity index is 720. The molecule has 2 aromatic carbocycles. The zero-order chi connectivity index (χ0) is 19.9. The smallest absolute Gasteiger partial charge is 0.194 e. The summed E-state index contributed by atoms with van der Waals surface area (Å²) in [5.41, 5.74) is 2.38. The maximum Gasteiger partial charge on any atom is 0.194 e. The lowest BCUT2D eigenvalue weighted by atomic mass is 9.77. The van der Waals surface area contributed by atoms with Crippen molar-refractivity contribution in [3.8, 4) is 11.1 Å². The second kappa shape index (κ2) is 10.1. The first-order valence-corrected chi connectivity index (χ1v) is 10.8. The second-order valence-corrected chi connectivity index (χ2v) is 8.30. The van der Waals surface area contributed by atoms with Gasteiger partial charge in [-0.2, -0.15) is 0 Å². The van der Waals surface area contributed by atoms with Crippen LogP contribution in [0.3, 0.4) is 0 Å². The van der Waals surface area contributed by atoms with Crippen LogP contribution >= 0.6 is 0 Å². The van der Waals surface area contributed by atoms with Gasteiger partial charge >= 0.3 is 0 Å². The SMILES string of the molecule is CCCCCCC[C@H]1CC[C@H](c2ccc(-c3cc(F)c(F)c(F)c3)cc2)CC1. The van der Waals surface area contributed by atoms with E-state index in [0.717, 1.165) is 18.1 Å². The quantitative estimate of drug-likeness (QED) is 0.314. The fourth-order valence-electron chi connectivity index (χ4n) is 4.49. The summed E-state index contributed by atoms with van der Waals surface area (Å²) in [5, 5.41) is 0. The van der Waals surface area contributed by atoms with E-state index in [4.69, 9.17) is 0 Å². The Morgan fingerprint density at radius 3 is 1.96 bits per heavy atom. The molecular formula is C25H31F3. The van der Waals surface area contributed by atoms with E-state index >= 15 is 0 Å². The number of unbranched alkanes of at least 4 members (excludes halogenated alkanes) is 4. The van der Waals surface area contributed by atoms with Gasteiger partial charge in [-0.1, -0.05) is 69.7 Å². The molecule has 0 atom stereocenters. The van der Waals surface area contributed by atoms with Gasteiger partial charge in [0.1, 0.15) is 0 Å². The molecule has 0 spiro atoms. The molecule has 0 saturated heterocycles. The van der Waals surface area contributed by atoms with E-state index in [1.54, 1.807) is 0 Å². The third-order valence-electron chi connectivity index (χ3n) is 6.26. The van der Waals surface area contributed by atoms with Crippen LogP contribution in [-0.4, -0.2) is 0 Å². The Labute approximate surface area is 167 Å². The molecule has 3 heteroatoms. The van der Waals surface area contributed by atoms with Crippen LogP contribution in [0.1, 0.15) is 82.6 Å². The fourth-order valence-corrected chi connectivity index (χ4v) is 4.49. The van der Waals surface area contributed by atoms with Crippen LogP contribution in [0, 0.1) is 23.4 Å². The highest BCUT2D eigenvalue weighted by molar-refractivity contribution is 5.64. The molecule has 0 nitrogen and oxygen atoms in total. The predicted molar refractivity (Wildman–Crippen MR) is 110 cm³/mol. The number of benzene rings is 2. The Kier molecular flexibility index (Phi) is 7.58. The third kappa shape index (κ3) is 5.40. The predicted octanol–water partition coefficient (Wildman–Crippen LogP) is 8.41. The molecule has 0 aliphatic heterocycles. The summed E-state index contributed by atoms with van der Waals surface area (Å²) in [4.78, 5) is 0. The summed E-state index contributed by atoms with van der Waals surface area (Å²) < 4.78 is 40.1. The first kappa shape index (κ1) is 21.0. The zero-order valence-electron chi connectivity index (χ0n) is 16.8. The molecule has 2 aromatic rings. The molecule has 1 aliphatic carbocycles. The molecular weight excluding hydrogens is 357 g/mol. The fraction of sp³-hybridized carbons (Fsp3) is 0.520. The van der Waals surface area contributed by atoms with Crippen molar-refractivity contribution < 1.29 is 13.2 Å². The molecule has 1 aliphatic rings. The van der Waals surface area contributed by atoms with Gasteiger partial charge in [-0.05, 0) is 66.3 Å². The highest BCUT2D eigenvalue weighted by Gasteiger charge is 2.22. The van der Waals surface area contributed by atoms with Gasteiger partial charge in [-0.15, -0.1) is 0 Å². The lowest BCUT2D eigenvalue weighted by molar-refractivity contribution is 0.302. The monoisotopic (exact) mass is 388 g/mol. The van der Waals surface area contributed by atoms with Crippen molar-refractivity contribution in [1.82, 2.24) is 0 Å². The Morgan fingerprint density at radius 2 is 1.36 bits per heavy atom.